The molecule has 0 saturated heterocycles. The Balaban J connectivity index is 1.50. The third kappa shape index (κ3) is 4.06. The second-order valence-corrected chi connectivity index (χ2v) is 9.61. The maximum Gasteiger partial charge on any atom is 0.205 e. The lowest BCUT2D eigenvalue weighted by molar-refractivity contribution is 0.556. The molecule has 5 rings (SSSR count). The van der Waals surface area contributed by atoms with Gasteiger partial charge in [0.2, 0.25) is 5.89 Å². The fourth-order valence-electron chi connectivity index (χ4n) is 3.59. The van der Waals surface area contributed by atoms with Gasteiger partial charge in [-0.3, -0.25) is 4.57 Å². The minimum Gasteiger partial charge on any atom is -0.440 e. The molecule has 0 aliphatic carbocycles. The minimum absolute atomic E-state index is 0.103. The van der Waals surface area contributed by atoms with Gasteiger partial charge in [-0.25, -0.2) is 4.98 Å². The van der Waals surface area contributed by atoms with E-state index in [2.05, 4.69) is 76.9 Å². The lowest BCUT2D eigenvalue weighted by Gasteiger charge is -2.19. The van der Waals surface area contributed by atoms with Crippen LogP contribution in [0.4, 0.5) is 0 Å². The summed E-state index contributed by atoms with van der Waals surface area (Å²) in [4.78, 5) is 4.58. The van der Waals surface area contributed by atoms with Gasteiger partial charge >= 0.3 is 0 Å². The summed E-state index contributed by atoms with van der Waals surface area (Å²) in [5, 5.41) is 9.87. The van der Waals surface area contributed by atoms with Gasteiger partial charge in [0.15, 0.2) is 16.6 Å². The summed E-state index contributed by atoms with van der Waals surface area (Å²) in [6, 6.07) is 26.6. The van der Waals surface area contributed by atoms with Crippen molar-refractivity contribution in [3.05, 3.63) is 90.3 Å². The first-order valence-corrected chi connectivity index (χ1v) is 11.6. The zero-order chi connectivity index (χ0) is 22.1. The molecule has 0 aliphatic rings. The van der Waals surface area contributed by atoms with Crippen LogP contribution in [0.3, 0.4) is 0 Å². The number of aromatic nitrogens is 4. The molecule has 0 fully saturated rings. The topological polar surface area (TPSA) is 56.7 Å². The van der Waals surface area contributed by atoms with Gasteiger partial charge in [0.25, 0.3) is 0 Å². The SMILES string of the molecule is CC(C)(C)c1ccc(-c2nnc(SCc3nc4ccccc4o3)n2-c2ccccc2)cc1. The van der Waals surface area contributed by atoms with Crippen LogP contribution in [0.5, 0.6) is 0 Å². The zero-order valence-corrected chi connectivity index (χ0v) is 19.1. The van der Waals surface area contributed by atoms with E-state index in [1.807, 2.05) is 42.5 Å². The Labute approximate surface area is 191 Å². The largest absolute Gasteiger partial charge is 0.440 e. The van der Waals surface area contributed by atoms with E-state index < -0.39 is 0 Å². The predicted octanol–water partition coefficient (Wildman–Crippen LogP) is 6.67. The first kappa shape index (κ1) is 20.5. The Morgan fingerprint density at radius 1 is 0.844 bits per heavy atom. The number of hydrogen-bond acceptors (Lipinski definition) is 5. The van der Waals surface area contributed by atoms with Gasteiger partial charge in [0, 0.05) is 11.3 Å². The van der Waals surface area contributed by atoms with Gasteiger partial charge < -0.3 is 4.42 Å². The van der Waals surface area contributed by atoms with E-state index in [1.54, 1.807) is 11.8 Å². The lowest BCUT2D eigenvalue weighted by Crippen LogP contribution is -2.10. The molecule has 0 saturated carbocycles. The monoisotopic (exact) mass is 440 g/mol. The van der Waals surface area contributed by atoms with Crippen LogP contribution in [0.2, 0.25) is 0 Å². The van der Waals surface area contributed by atoms with Crippen LogP contribution in [-0.2, 0) is 11.2 Å². The Morgan fingerprint density at radius 3 is 2.28 bits per heavy atom. The number of thioether (sulfide) groups is 1. The second-order valence-electron chi connectivity index (χ2n) is 8.67. The molecule has 0 unspecified atom stereocenters. The summed E-state index contributed by atoms with van der Waals surface area (Å²) in [6.07, 6.45) is 0. The van der Waals surface area contributed by atoms with Crippen molar-refractivity contribution < 1.29 is 4.42 Å². The van der Waals surface area contributed by atoms with Crippen LogP contribution in [0, 0.1) is 0 Å². The van der Waals surface area contributed by atoms with Crippen LogP contribution in [0.15, 0.2) is 88.4 Å². The highest BCUT2D eigenvalue weighted by Gasteiger charge is 2.19. The molecule has 5 nitrogen and oxygen atoms in total. The third-order valence-corrected chi connectivity index (χ3v) is 6.23. The number of fused-ring (bicyclic) bond motifs is 1. The summed E-state index contributed by atoms with van der Waals surface area (Å²) in [7, 11) is 0. The summed E-state index contributed by atoms with van der Waals surface area (Å²) < 4.78 is 7.98. The molecule has 0 aliphatic heterocycles. The van der Waals surface area contributed by atoms with E-state index in [0.29, 0.717) is 11.6 Å². The van der Waals surface area contributed by atoms with Gasteiger partial charge in [-0.05, 0) is 35.2 Å². The van der Waals surface area contributed by atoms with E-state index in [0.717, 1.165) is 33.3 Å². The normalized spacial score (nSPS) is 11.8. The van der Waals surface area contributed by atoms with Crippen molar-refractivity contribution in [3.63, 3.8) is 0 Å². The van der Waals surface area contributed by atoms with E-state index in [4.69, 9.17) is 4.42 Å². The molecule has 160 valence electrons. The molecule has 0 atom stereocenters. The van der Waals surface area contributed by atoms with Crippen molar-refractivity contribution in [1.82, 2.24) is 19.7 Å². The van der Waals surface area contributed by atoms with E-state index >= 15 is 0 Å². The van der Waals surface area contributed by atoms with Crippen molar-refractivity contribution in [2.75, 3.05) is 0 Å². The average molecular weight is 441 g/mol. The van der Waals surface area contributed by atoms with Crippen molar-refractivity contribution in [1.29, 1.82) is 0 Å². The van der Waals surface area contributed by atoms with Crippen molar-refractivity contribution in [2.24, 2.45) is 0 Å². The Hall–Kier alpha value is -3.38. The maximum atomic E-state index is 5.88. The summed E-state index contributed by atoms with van der Waals surface area (Å²) in [5.74, 6) is 2.06. The molecule has 0 amide bonds. The van der Waals surface area contributed by atoms with E-state index in [1.165, 1.54) is 5.56 Å². The Bertz CT molecular complexity index is 1320. The highest BCUT2D eigenvalue weighted by molar-refractivity contribution is 7.98. The highest BCUT2D eigenvalue weighted by Crippen LogP contribution is 2.31. The summed E-state index contributed by atoms with van der Waals surface area (Å²) in [5.41, 5.74) is 5.11. The highest BCUT2D eigenvalue weighted by atomic mass is 32.2. The molecule has 2 heterocycles. The van der Waals surface area contributed by atoms with Gasteiger partial charge in [0.05, 0.1) is 5.75 Å². The molecule has 0 radical (unpaired) electrons. The molecule has 6 heteroatoms. The van der Waals surface area contributed by atoms with Crippen LogP contribution in [-0.4, -0.2) is 19.7 Å². The number of hydrogen-bond donors (Lipinski definition) is 0. The lowest BCUT2D eigenvalue weighted by atomic mass is 9.87. The minimum atomic E-state index is 0.103. The van der Waals surface area contributed by atoms with Gasteiger partial charge in [0.1, 0.15) is 5.52 Å². The predicted molar refractivity (Wildman–Crippen MR) is 129 cm³/mol. The molecule has 3 aromatic carbocycles. The van der Waals surface area contributed by atoms with E-state index in [9.17, 15) is 0 Å². The molecule has 5 aromatic rings. The van der Waals surface area contributed by atoms with Gasteiger partial charge in [-0.1, -0.05) is 87.1 Å². The standard InChI is InChI=1S/C26H24N4OS/c1-26(2,3)19-15-13-18(14-16-19)24-28-29-25(30(24)20-9-5-4-6-10-20)32-17-23-27-21-11-7-8-12-22(21)31-23/h4-16H,17H2,1-3H3. The van der Waals surface area contributed by atoms with Crippen LogP contribution >= 0.6 is 11.8 Å². The first-order valence-electron chi connectivity index (χ1n) is 10.6. The number of oxazole rings is 1. The number of para-hydroxylation sites is 3. The molecular weight excluding hydrogens is 416 g/mol. The van der Waals surface area contributed by atoms with Crippen molar-refractivity contribution in [2.45, 2.75) is 37.1 Å². The molecule has 2 aromatic heterocycles. The number of rotatable bonds is 5. The summed E-state index contributed by atoms with van der Waals surface area (Å²) >= 11 is 1.57. The van der Waals surface area contributed by atoms with Crippen LogP contribution in [0.1, 0.15) is 32.2 Å². The molecule has 0 N–H and O–H groups in total. The molecule has 32 heavy (non-hydrogen) atoms. The average Bonchev–Trinajstić information content (AvgIpc) is 3.41. The molecule has 0 spiro atoms. The zero-order valence-electron chi connectivity index (χ0n) is 18.3. The van der Waals surface area contributed by atoms with Gasteiger partial charge in [-0.2, -0.15) is 0 Å². The third-order valence-electron chi connectivity index (χ3n) is 5.32. The fourth-order valence-corrected chi connectivity index (χ4v) is 4.38. The fraction of sp³-hybridized carbons (Fsp3) is 0.192. The maximum absolute atomic E-state index is 5.88. The van der Waals surface area contributed by atoms with Gasteiger partial charge in [-0.15, -0.1) is 10.2 Å². The second kappa shape index (κ2) is 8.28. The molecular formula is C26H24N4OS. The Morgan fingerprint density at radius 2 is 1.56 bits per heavy atom. The van der Waals surface area contributed by atoms with E-state index in [-0.39, 0.29) is 5.41 Å². The van der Waals surface area contributed by atoms with Crippen LogP contribution in [0.25, 0.3) is 28.2 Å². The van der Waals surface area contributed by atoms with Crippen molar-refractivity contribution in [3.8, 4) is 17.1 Å². The quantitative estimate of drug-likeness (QED) is 0.286. The number of benzene rings is 3. The first-order chi connectivity index (χ1) is 15.5. The van der Waals surface area contributed by atoms with Crippen molar-refractivity contribution >= 4 is 22.9 Å². The smallest absolute Gasteiger partial charge is 0.205 e. The Kier molecular flexibility index (Phi) is 5.31. The summed E-state index contributed by atoms with van der Waals surface area (Å²) in [6.45, 7) is 6.65. The van der Waals surface area contributed by atoms with Crippen LogP contribution < -0.4 is 0 Å². The molecule has 0 bridgehead atoms. The number of nitrogens with zero attached hydrogens (tertiary/aromatic N) is 4.